The minimum atomic E-state index is -0.166. The molecule has 1 aromatic heterocycles. The van der Waals surface area contributed by atoms with E-state index in [0.717, 1.165) is 35.0 Å². The van der Waals surface area contributed by atoms with Gasteiger partial charge in [-0.05, 0) is 67.0 Å². The summed E-state index contributed by atoms with van der Waals surface area (Å²) in [4.78, 5) is 29.3. The van der Waals surface area contributed by atoms with Gasteiger partial charge in [0, 0.05) is 18.4 Å². The van der Waals surface area contributed by atoms with Crippen LogP contribution in [-0.4, -0.2) is 16.7 Å². The van der Waals surface area contributed by atoms with E-state index in [4.69, 9.17) is 0 Å². The molecule has 4 rings (SSSR count). The molecule has 0 atom stereocenters. The number of anilines is 1. The summed E-state index contributed by atoms with van der Waals surface area (Å²) in [7, 11) is 0. The molecule has 1 heterocycles. The Morgan fingerprint density at radius 2 is 1.86 bits per heavy atom. The summed E-state index contributed by atoms with van der Waals surface area (Å²) in [6.07, 6.45) is 5.94. The SMILES string of the molecule is CCc1ccc2nc(NC(=O)CCC(=O)c3ccc4c(c3)CCCC4)sc2c1. The van der Waals surface area contributed by atoms with Crippen LogP contribution in [0.2, 0.25) is 0 Å². The zero-order valence-electron chi connectivity index (χ0n) is 16.1. The number of aryl methyl sites for hydroxylation is 3. The van der Waals surface area contributed by atoms with Crippen LogP contribution in [0.15, 0.2) is 36.4 Å². The first-order chi connectivity index (χ1) is 13.6. The van der Waals surface area contributed by atoms with Gasteiger partial charge in [-0.25, -0.2) is 4.98 Å². The summed E-state index contributed by atoms with van der Waals surface area (Å²) < 4.78 is 1.07. The molecule has 5 heteroatoms. The fourth-order valence-electron chi connectivity index (χ4n) is 3.70. The van der Waals surface area contributed by atoms with Crippen LogP contribution in [0.4, 0.5) is 5.13 Å². The van der Waals surface area contributed by atoms with Crippen LogP contribution in [0.3, 0.4) is 0 Å². The van der Waals surface area contributed by atoms with Gasteiger partial charge in [-0.3, -0.25) is 9.59 Å². The van der Waals surface area contributed by atoms with E-state index < -0.39 is 0 Å². The number of amides is 1. The highest BCUT2D eigenvalue weighted by molar-refractivity contribution is 7.22. The van der Waals surface area contributed by atoms with Crippen LogP contribution in [-0.2, 0) is 24.1 Å². The molecule has 2 aromatic carbocycles. The van der Waals surface area contributed by atoms with E-state index in [1.165, 1.54) is 40.9 Å². The third kappa shape index (κ3) is 4.14. The van der Waals surface area contributed by atoms with E-state index in [1.807, 2.05) is 18.2 Å². The number of thiazole rings is 1. The second-order valence-corrected chi connectivity index (χ2v) is 8.37. The lowest BCUT2D eigenvalue weighted by atomic mass is 9.89. The number of hydrogen-bond acceptors (Lipinski definition) is 4. The summed E-state index contributed by atoms with van der Waals surface area (Å²) in [5, 5.41) is 3.43. The summed E-state index contributed by atoms with van der Waals surface area (Å²) in [6, 6.07) is 12.2. The third-order valence-electron chi connectivity index (χ3n) is 5.36. The first-order valence-electron chi connectivity index (χ1n) is 9.96. The lowest BCUT2D eigenvalue weighted by Crippen LogP contribution is -2.13. The quantitative estimate of drug-likeness (QED) is 0.576. The van der Waals surface area contributed by atoms with E-state index in [0.29, 0.717) is 5.13 Å². The maximum absolute atomic E-state index is 12.5. The molecule has 28 heavy (non-hydrogen) atoms. The molecule has 0 unspecified atom stereocenters. The van der Waals surface area contributed by atoms with Crippen LogP contribution < -0.4 is 5.32 Å². The van der Waals surface area contributed by atoms with Crippen molar-refractivity contribution in [1.82, 2.24) is 4.98 Å². The Balaban J connectivity index is 1.36. The molecular weight excluding hydrogens is 368 g/mol. The highest BCUT2D eigenvalue weighted by atomic mass is 32.1. The highest BCUT2D eigenvalue weighted by Crippen LogP contribution is 2.27. The van der Waals surface area contributed by atoms with Crippen molar-refractivity contribution in [2.75, 3.05) is 5.32 Å². The van der Waals surface area contributed by atoms with Gasteiger partial charge in [0.15, 0.2) is 10.9 Å². The predicted octanol–water partition coefficient (Wildman–Crippen LogP) is 5.34. The fraction of sp³-hybridized carbons (Fsp3) is 0.348. The minimum absolute atomic E-state index is 0.0282. The van der Waals surface area contributed by atoms with Crippen molar-refractivity contribution < 1.29 is 9.59 Å². The average molecular weight is 393 g/mol. The number of carbonyl (C=O) groups excluding carboxylic acids is 2. The number of Topliss-reactive ketones (excluding diaryl/α,β-unsaturated/α-hetero) is 1. The summed E-state index contributed by atoms with van der Waals surface area (Å²) in [5.74, 6) is -0.138. The van der Waals surface area contributed by atoms with Crippen LogP contribution in [0.5, 0.6) is 0 Å². The zero-order chi connectivity index (χ0) is 19.5. The molecular formula is C23H24N2O2S. The average Bonchev–Trinajstić information content (AvgIpc) is 3.12. The number of ketones is 1. The Morgan fingerprint density at radius 1 is 1.04 bits per heavy atom. The number of rotatable bonds is 6. The first kappa shape index (κ1) is 18.8. The Kier molecular flexibility index (Phi) is 5.53. The third-order valence-corrected chi connectivity index (χ3v) is 6.29. The summed E-state index contributed by atoms with van der Waals surface area (Å²) >= 11 is 1.47. The molecule has 0 radical (unpaired) electrons. The van der Waals surface area contributed by atoms with E-state index in [1.54, 1.807) is 0 Å². The molecule has 1 amide bonds. The van der Waals surface area contributed by atoms with E-state index in [-0.39, 0.29) is 24.5 Å². The molecule has 0 saturated heterocycles. The molecule has 3 aromatic rings. The molecule has 0 spiro atoms. The number of aromatic nitrogens is 1. The molecule has 0 saturated carbocycles. The zero-order valence-corrected chi connectivity index (χ0v) is 16.9. The van der Waals surface area contributed by atoms with Crippen molar-refractivity contribution in [3.05, 3.63) is 58.7 Å². The summed E-state index contributed by atoms with van der Waals surface area (Å²) in [5.41, 5.74) is 5.53. The Bertz CT molecular complexity index is 1040. The van der Waals surface area contributed by atoms with Crippen molar-refractivity contribution in [2.24, 2.45) is 0 Å². The van der Waals surface area contributed by atoms with Crippen LogP contribution in [0.1, 0.15) is 59.7 Å². The molecule has 0 fully saturated rings. The molecule has 4 nitrogen and oxygen atoms in total. The smallest absolute Gasteiger partial charge is 0.226 e. The van der Waals surface area contributed by atoms with Gasteiger partial charge in [0.2, 0.25) is 5.91 Å². The number of benzene rings is 2. The van der Waals surface area contributed by atoms with E-state index >= 15 is 0 Å². The van der Waals surface area contributed by atoms with Crippen molar-refractivity contribution in [3.8, 4) is 0 Å². The first-order valence-corrected chi connectivity index (χ1v) is 10.8. The van der Waals surface area contributed by atoms with Gasteiger partial charge in [0.1, 0.15) is 0 Å². The lowest BCUT2D eigenvalue weighted by Gasteiger charge is -2.16. The lowest BCUT2D eigenvalue weighted by molar-refractivity contribution is -0.116. The second-order valence-electron chi connectivity index (χ2n) is 7.34. The topological polar surface area (TPSA) is 59.1 Å². The van der Waals surface area contributed by atoms with Gasteiger partial charge < -0.3 is 5.32 Å². The Morgan fingerprint density at radius 3 is 2.68 bits per heavy atom. The van der Waals surface area contributed by atoms with Crippen LogP contribution in [0.25, 0.3) is 10.2 Å². The standard InChI is InChI=1S/C23H24N2O2S/c1-2-15-7-10-19-21(13-15)28-23(24-19)25-22(27)12-11-20(26)18-9-8-16-5-3-4-6-17(16)14-18/h7-10,13-14H,2-6,11-12H2,1H3,(H,24,25,27). The van der Waals surface area contributed by atoms with Gasteiger partial charge in [0.25, 0.3) is 0 Å². The van der Waals surface area contributed by atoms with Crippen molar-refractivity contribution in [3.63, 3.8) is 0 Å². The van der Waals surface area contributed by atoms with Gasteiger partial charge in [-0.2, -0.15) is 0 Å². The van der Waals surface area contributed by atoms with E-state index in [2.05, 4.69) is 35.4 Å². The van der Waals surface area contributed by atoms with Crippen molar-refractivity contribution >= 4 is 38.4 Å². The number of fused-ring (bicyclic) bond motifs is 2. The largest absolute Gasteiger partial charge is 0.302 e. The number of carbonyl (C=O) groups is 2. The molecule has 144 valence electrons. The Labute approximate surface area is 169 Å². The van der Waals surface area contributed by atoms with Gasteiger partial charge in [-0.1, -0.05) is 36.5 Å². The second kappa shape index (κ2) is 8.23. The van der Waals surface area contributed by atoms with Crippen molar-refractivity contribution in [1.29, 1.82) is 0 Å². The number of nitrogens with zero attached hydrogens (tertiary/aromatic N) is 1. The summed E-state index contributed by atoms with van der Waals surface area (Å²) in [6.45, 7) is 2.12. The molecule has 1 aliphatic carbocycles. The maximum atomic E-state index is 12.5. The fourth-order valence-corrected chi connectivity index (χ4v) is 4.65. The van der Waals surface area contributed by atoms with E-state index in [9.17, 15) is 9.59 Å². The molecule has 1 aliphatic rings. The highest BCUT2D eigenvalue weighted by Gasteiger charge is 2.15. The van der Waals surface area contributed by atoms with Gasteiger partial charge >= 0.3 is 0 Å². The Hall–Kier alpha value is -2.53. The molecule has 0 aliphatic heterocycles. The monoisotopic (exact) mass is 392 g/mol. The predicted molar refractivity (Wildman–Crippen MR) is 114 cm³/mol. The van der Waals surface area contributed by atoms with Crippen LogP contribution in [0, 0.1) is 0 Å². The number of nitrogens with one attached hydrogen (secondary N) is 1. The van der Waals surface area contributed by atoms with Crippen LogP contribution >= 0.6 is 11.3 Å². The molecule has 0 bridgehead atoms. The van der Waals surface area contributed by atoms with Gasteiger partial charge in [-0.15, -0.1) is 0 Å². The van der Waals surface area contributed by atoms with Gasteiger partial charge in [0.05, 0.1) is 10.2 Å². The number of hydrogen-bond donors (Lipinski definition) is 1. The minimum Gasteiger partial charge on any atom is -0.302 e. The normalized spacial score (nSPS) is 13.3. The van der Waals surface area contributed by atoms with Crippen molar-refractivity contribution in [2.45, 2.75) is 51.9 Å². The maximum Gasteiger partial charge on any atom is 0.226 e. The molecule has 1 N–H and O–H groups in total.